The van der Waals surface area contributed by atoms with Crippen LogP contribution in [0, 0.1) is 12.3 Å². The van der Waals surface area contributed by atoms with Crippen molar-refractivity contribution in [2.24, 2.45) is 5.41 Å². The van der Waals surface area contributed by atoms with Gasteiger partial charge in [-0.1, -0.05) is 0 Å². The molecule has 26 heavy (non-hydrogen) atoms. The number of carboxylic acids is 1. The summed E-state index contributed by atoms with van der Waals surface area (Å²) in [6, 6.07) is 5.54. The van der Waals surface area contributed by atoms with E-state index >= 15 is 0 Å². The molecule has 1 atom stereocenters. The summed E-state index contributed by atoms with van der Waals surface area (Å²) in [7, 11) is 1.61. The second-order valence-electron chi connectivity index (χ2n) is 6.93. The van der Waals surface area contributed by atoms with E-state index in [4.69, 9.17) is 4.74 Å². The molecular weight excluding hydrogens is 352 g/mol. The van der Waals surface area contributed by atoms with Gasteiger partial charge in [0, 0.05) is 32.4 Å². The minimum Gasteiger partial charge on any atom is -0.481 e. The van der Waals surface area contributed by atoms with Gasteiger partial charge < -0.3 is 14.7 Å². The second kappa shape index (κ2) is 7.72. The van der Waals surface area contributed by atoms with Crippen LogP contribution in [0.25, 0.3) is 10.2 Å². The Balaban J connectivity index is 1.80. The number of aryl methyl sites for hydroxylation is 1. The molecule has 7 heteroatoms. The Morgan fingerprint density at radius 3 is 2.96 bits per heavy atom. The smallest absolute Gasteiger partial charge is 0.311 e. The zero-order valence-electron chi connectivity index (χ0n) is 15.2. The van der Waals surface area contributed by atoms with E-state index in [9.17, 15) is 14.7 Å². The Labute approximate surface area is 156 Å². The van der Waals surface area contributed by atoms with Crippen LogP contribution in [0.2, 0.25) is 0 Å². The molecule has 1 aromatic carbocycles. The Morgan fingerprint density at radius 2 is 2.23 bits per heavy atom. The number of carbonyl (C=O) groups is 2. The highest BCUT2D eigenvalue weighted by molar-refractivity contribution is 7.18. The van der Waals surface area contributed by atoms with E-state index < -0.39 is 11.4 Å². The lowest BCUT2D eigenvalue weighted by molar-refractivity contribution is -0.152. The predicted molar refractivity (Wildman–Crippen MR) is 101 cm³/mol. The fourth-order valence-electron chi connectivity index (χ4n) is 3.70. The molecule has 0 radical (unpaired) electrons. The Morgan fingerprint density at radius 1 is 1.42 bits per heavy atom. The van der Waals surface area contributed by atoms with Crippen LogP contribution in [-0.4, -0.2) is 53.7 Å². The first-order valence-electron chi connectivity index (χ1n) is 8.84. The number of hydrogen-bond acceptors (Lipinski definition) is 5. The van der Waals surface area contributed by atoms with E-state index in [0.717, 1.165) is 15.2 Å². The zero-order valence-corrected chi connectivity index (χ0v) is 16.0. The van der Waals surface area contributed by atoms with E-state index in [0.29, 0.717) is 44.4 Å². The predicted octanol–water partition coefficient (Wildman–Crippen LogP) is 3.34. The van der Waals surface area contributed by atoms with Crippen molar-refractivity contribution in [3.63, 3.8) is 0 Å². The summed E-state index contributed by atoms with van der Waals surface area (Å²) < 4.78 is 6.12. The van der Waals surface area contributed by atoms with Crippen molar-refractivity contribution in [1.29, 1.82) is 0 Å². The van der Waals surface area contributed by atoms with Gasteiger partial charge in [0.15, 0.2) is 0 Å². The number of aromatic nitrogens is 1. The minimum absolute atomic E-state index is 0.116. The van der Waals surface area contributed by atoms with Gasteiger partial charge in [0.25, 0.3) is 5.91 Å². The van der Waals surface area contributed by atoms with Gasteiger partial charge in [-0.15, -0.1) is 11.3 Å². The van der Waals surface area contributed by atoms with Crippen LogP contribution in [0.5, 0.6) is 0 Å². The maximum atomic E-state index is 13.0. The number of methoxy groups -OCH3 is 1. The first-order valence-corrected chi connectivity index (χ1v) is 9.66. The minimum atomic E-state index is -0.881. The van der Waals surface area contributed by atoms with Gasteiger partial charge in [-0.2, -0.15) is 0 Å². The zero-order chi connectivity index (χ0) is 18.7. The quantitative estimate of drug-likeness (QED) is 0.782. The van der Waals surface area contributed by atoms with E-state index in [1.165, 1.54) is 0 Å². The largest absolute Gasteiger partial charge is 0.481 e. The topological polar surface area (TPSA) is 79.7 Å². The molecule has 6 nitrogen and oxygen atoms in total. The fourth-order valence-corrected chi connectivity index (χ4v) is 4.51. The summed E-state index contributed by atoms with van der Waals surface area (Å²) in [6.45, 7) is 3.31. The van der Waals surface area contributed by atoms with Crippen LogP contribution >= 0.6 is 11.3 Å². The van der Waals surface area contributed by atoms with Gasteiger partial charge >= 0.3 is 5.97 Å². The molecule has 0 bridgehead atoms. The van der Waals surface area contributed by atoms with Gasteiger partial charge in [-0.05, 0) is 50.8 Å². The lowest BCUT2D eigenvalue weighted by atomic mass is 9.76. The van der Waals surface area contributed by atoms with Gasteiger partial charge in [0.2, 0.25) is 0 Å². The maximum Gasteiger partial charge on any atom is 0.311 e. The SMILES string of the molecule is COCCCC1(C(=O)O)CCCN(C(=O)c2ccc3sc(C)nc3c2)C1. The number of hydrogen-bond donors (Lipinski definition) is 1. The van der Waals surface area contributed by atoms with Crippen molar-refractivity contribution in [3.05, 3.63) is 28.8 Å². The van der Waals surface area contributed by atoms with E-state index in [-0.39, 0.29) is 12.5 Å². The average Bonchev–Trinajstić information content (AvgIpc) is 3.00. The number of nitrogens with zero attached hydrogens (tertiary/aromatic N) is 2. The molecule has 1 saturated heterocycles. The number of aliphatic carboxylic acids is 1. The average molecular weight is 376 g/mol. The number of piperidine rings is 1. The third-order valence-corrected chi connectivity index (χ3v) is 6.01. The van der Waals surface area contributed by atoms with Crippen molar-refractivity contribution >= 4 is 33.4 Å². The number of carboxylic acid groups (broad SMARTS) is 1. The molecule has 1 N–H and O–H groups in total. The van der Waals surface area contributed by atoms with Crippen molar-refractivity contribution in [2.75, 3.05) is 26.8 Å². The Bertz CT molecular complexity index is 819. The molecule has 1 unspecified atom stereocenters. The Kier molecular flexibility index (Phi) is 5.58. The molecule has 0 aliphatic carbocycles. The lowest BCUT2D eigenvalue weighted by Crippen LogP contribution is -2.50. The number of rotatable bonds is 6. The molecule has 3 rings (SSSR count). The number of likely N-dealkylation sites (tertiary alicyclic amines) is 1. The molecule has 2 aromatic rings. The number of carbonyl (C=O) groups excluding carboxylic acids is 1. The number of amides is 1. The summed E-state index contributed by atoms with van der Waals surface area (Å²) in [5.41, 5.74) is 0.508. The second-order valence-corrected chi connectivity index (χ2v) is 8.16. The van der Waals surface area contributed by atoms with Crippen LogP contribution in [0.15, 0.2) is 18.2 Å². The molecule has 2 heterocycles. The normalized spacial score (nSPS) is 20.5. The van der Waals surface area contributed by atoms with Gasteiger partial charge in [0.05, 0.1) is 20.6 Å². The maximum absolute atomic E-state index is 13.0. The molecule has 1 amide bonds. The molecular formula is C19H24N2O4S. The molecule has 0 saturated carbocycles. The number of ether oxygens (including phenoxy) is 1. The van der Waals surface area contributed by atoms with Crippen molar-refractivity contribution in [3.8, 4) is 0 Å². The van der Waals surface area contributed by atoms with Crippen molar-refractivity contribution < 1.29 is 19.4 Å². The van der Waals surface area contributed by atoms with Crippen LogP contribution in [0.1, 0.15) is 41.0 Å². The third kappa shape index (κ3) is 3.73. The van der Waals surface area contributed by atoms with Crippen LogP contribution < -0.4 is 0 Å². The standard InChI is InChI=1S/C19H24N2O4S/c1-13-20-15-11-14(5-6-16(15)26-13)17(22)21-9-3-7-19(12-21,18(23)24)8-4-10-25-2/h5-6,11H,3-4,7-10,12H2,1-2H3,(H,23,24). The number of fused-ring (bicyclic) bond motifs is 1. The first kappa shape index (κ1) is 18.8. The highest BCUT2D eigenvalue weighted by Crippen LogP contribution is 2.36. The Hall–Kier alpha value is -1.99. The number of thiazole rings is 1. The van der Waals surface area contributed by atoms with Gasteiger partial charge in [-0.25, -0.2) is 4.98 Å². The van der Waals surface area contributed by atoms with E-state index in [1.807, 2.05) is 25.1 Å². The van der Waals surface area contributed by atoms with Crippen molar-refractivity contribution in [1.82, 2.24) is 9.88 Å². The van der Waals surface area contributed by atoms with Crippen LogP contribution in [0.4, 0.5) is 0 Å². The highest BCUT2D eigenvalue weighted by Gasteiger charge is 2.43. The highest BCUT2D eigenvalue weighted by atomic mass is 32.1. The summed E-state index contributed by atoms with van der Waals surface area (Å²) >= 11 is 1.60. The summed E-state index contributed by atoms with van der Waals surface area (Å²) in [5, 5.41) is 10.8. The number of benzene rings is 1. The molecule has 1 fully saturated rings. The monoisotopic (exact) mass is 376 g/mol. The van der Waals surface area contributed by atoms with Gasteiger partial charge in [-0.3, -0.25) is 9.59 Å². The summed E-state index contributed by atoms with van der Waals surface area (Å²) in [4.78, 5) is 31.1. The molecule has 1 aromatic heterocycles. The van der Waals surface area contributed by atoms with Crippen LogP contribution in [0.3, 0.4) is 0 Å². The molecule has 0 spiro atoms. The van der Waals surface area contributed by atoms with E-state index in [1.54, 1.807) is 23.3 Å². The molecule has 1 aliphatic heterocycles. The lowest BCUT2D eigenvalue weighted by Gasteiger charge is -2.40. The van der Waals surface area contributed by atoms with Gasteiger partial charge in [0.1, 0.15) is 0 Å². The molecule has 140 valence electrons. The first-order chi connectivity index (χ1) is 12.4. The van der Waals surface area contributed by atoms with E-state index in [2.05, 4.69) is 4.98 Å². The van der Waals surface area contributed by atoms with Crippen molar-refractivity contribution in [2.45, 2.75) is 32.6 Å². The summed E-state index contributed by atoms with van der Waals surface area (Å²) in [6.07, 6.45) is 2.49. The molecule has 1 aliphatic rings. The van der Waals surface area contributed by atoms with Crippen LogP contribution in [-0.2, 0) is 9.53 Å². The fraction of sp³-hybridized carbons (Fsp3) is 0.526. The summed E-state index contributed by atoms with van der Waals surface area (Å²) in [5.74, 6) is -0.939. The third-order valence-electron chi connectivity index (χ3n) is 5.06.